The van der Waals surface area contributed by atoms with Crippen molar-refractivity contribution in [3.8, 4) is 0 Å². The SMILES string of the molecule is NCCOCCOCCOCCN1CCCCC1. The number of piperidine rings is 1. The van der Waals surface area contributed by atoms with Crippen molar-refractivity contribution >= 4 is 0 Å². The van der Waals surface area contributed by atoms with Gasteiger partial charge in [-0.2, -0.15) is 0 Å². The third-order valence-corrected chi connectivity index (χ3v) is 3.01. The van der Waals surface area contributed by atoms with Crippen LogP contribution in [-0.2, 0) is 14.2 Å². The van der Waals surface area contributed by atoms with Crippen LogP contribution in [0.5, 0.6) is 0 Å². The fourth-order valence-corrected chi connectivity index (χ4v) is 2.00. The van der Waals surface area contributed by atoms with E-state index in [9.17, 15) is 0 Å². The highest BCUT2D eigenvalue weighted by Crippen LogP contribution is 2.07. The Kier molecular flexibility index (Phi) is 10.5. The lowest BCUT2D eigenvalue weighted by Crippen LogP contribution is -2.32. The number of rotatable bonds is 11. The highest BCUT2D eigenvalue weighted by Gasteiger charge is 2.08. The van der Waals surface area contributed by atoms with Crippen molar-refractivity contribution in [2.45, 2.75) is 19.3 Å². The van der Waals surface area contributed by atoms with E-state index in [1.165, 1.54) is 32.4 Å². The second kappa shape index (κ2) is 11.9. The lowest BCUT2D eigenvalue weighted by Gasteiger charge is -2.26. The molecule has 0 atom stereocenters. The van der Waals surface area contributed by atoms with Gasteiger partial charge in [-0.15, -0.1) is 0 Å². The van der Waals surface area contributed by atoms with Crippen molar-refractivity contribution in [1.29, 1.82) is 0 Å². The van der Waals surface area contributed by atoms with Crippen LogP contribution in [-0.4, -0.2) is 70.7 Å². The van der Waals surface area contributed by atoms with E-state index >= 15 is 0 Å². The zero-order valence-corrected chi connectivity index (χ0v) is 11.4. The molecule has 0 aromatic heterocycles. The first-order valence-electron chi connectivity index (χ1n) is 7.09. The van der Waals surface area contributed by atoms with E-state index in [-0.39, 0.29) is 0 Å². The highest BCUT2D eigenvalue weighted by atomic mass is 16.5. The molecule has 108 valence electrons. The maximum absolute atomic E-state index is 5.54. The molecule has 0 aromatic carbocycles. The van der Waals surface area contributed by atoms with Gasteiger partial charge < -0.3 is 24.8 Å². The van der Waals surface area contributed by atoms with Gasteiger partial charge in [0.25, 0.3) is 0 Å². The molecule has 0 amide bonds. The van der Waals surface area contributed by atoms with Gasteiger partial charge in [0.05, 0.1) is 39.6 Å². The van der Waals surface area contributed by atoms with Crippen molar-refractivity contribution in [2.75, 3.05) is 65.8 Å². The molecule has 18 heavy (non-hydrogen) atoms. The monoisotopic (exact) mass is 260 g/mol. The highest BCUT2D eigenvalue weighted by molar-refractivity contribution is 4.63. The summed E-state index contributed by atoms with van der Waals surface area (Å²) >= 11 is 0. The molecule has 1 aliphatic heterocycles. The number of ether oxygens (including phenoxy) is 3. The van der Waals surface area contributed by atoms with E-state index in [0.717, 1.165) is 13.2 Å². The van der Waals surface area contributed by atoms with E-state index < -0.39 is 0 Å². The molecule has 5 heteroatoms. The van der Waals surface area contributed by atoms with Crippen LogP contribution in [0.1, 0.15) is 19.3 Å². The molecule has 1 fully saturated rings. The quantitative estimate of drug-likeness (QED) is 0.548. The van der Waals surface area contributed by atoms with Gasteiger partial charge in [0.2, 0.25) is 0 Å². The number of hydrogen-bond acceptors (Lipinski definition) is 5. The summed E-state index contributed by atoms with van der Waals surface area (Å²) in [5.41, 5.74) is 5.30. The van der Waals surface area contributed by atoms with E-state index in [1.807, 2.05) is 0 Å². The summed E-state index contributed by atoms with van der Waals surface area (Å²) in [5.74, 6) is 0. The molecule has 0 spiro atoms. The fraction of sp³-hybridized carbons (Fsp3) is 1.00. The molecule has 0 aromatic rings. The predicted octanol–water partition coefficient (Wildman–Crippen LogP) is 0.481. The van der Waals surface area contributed by atoms with Crippen molar-refractivity contribution in [3.05, 3.63) is 0 Å². The summed E-state index contributed by atoms with van der Waals surface area (Å²) in [6, 6.07) is 0. The number of nitrogens with two attached hydrogens (primary N) is 1. The van der Waals surface area contributed by atoms with E-state index in [0.29, 0.717) is 39.6 Å². The largest absolute Gasteiger partial charge is 0.378 e. The molecular weight excluding hydrogens is 232 g/mol. The molecule has 1 aliphatic rings. The molecule has 1 rings (SSSR count). The van der Waals surface area contributed by atoms with E-state index in [4.69, 9.17) is 19.9 Å². The summed E-state index contributed by atoms with van der Waals surface area (Å²) in [6.45, 7) is 8.07. The topological polar surface area (TPSA) is 57.0 Å². The maximum atomic E-state index is 5.54. The number of likely N-dealkylation sites (tertiary alicyclic amines) is 1. The van der Waals surface area contributed by atoms with Crippen molar-refractivity contribution in [3.63, 3.8) is 0 Å². The fourth-order valence-electron chi connectivity index (χ4n) is 2.00. The Labute approximate surface area is 111 Å². The van der Waals surface area contributed by atoms with Crippen LogP contribution >= 0.6 is 0 Å². The van der Waals surface area contributed by atoms with Crippen molar-refractivity contribution in [1.82, 2.24) is 4.90 Å². The summed E-state index contributed by atoms with van der Waals surface area (Å²) in [6.07, 6.45) is 4.06. The molecule has 0 radical (unpaired) electrons. The predicted molar refractivity (Wildman–Crippen MR) is 71.8 cm³/mol. The zero-order valence-electron chi connectivity index (χ0n) is 11.4. The molecule has 0 aliphatic carbocycles. The maximum Gasteiger partial charge on any atom is 0.0701 e. The van der Waals surface area contributed by atoms with Gasteiger partial charge in [-0.3, -0.25) is 0 Å². The van der Waals surface area contributed by atoms with Crippen LogP contribution in [0.3, 0.4) is 0 Å². The van der Waals surface area contributed by atoms with Crippen molar-refractivity contribution in [2.24, 2.45) is 5.73 Å². The van der Waals surface area contributed by atoms with Gasteiger partial charge in [0.1, 0.15) is 0 Å². The molecule has 0 unspecified atom stereocenters. The first kappa shape index (κ1) is 15.9. The van der Waals surface area contributed by atoms with E-state index in [2.05, 4.69) is 4.90 Å². The second-order valence-corrected chi connectivity index (χ2v) is 4.53. The third-order valence-electron chi connectivity index (χ3n) is 3.01. The summed E-state index contributed by atoms with van der Waals surface area (Å²) in [4.78, 5) is 2.48. The minimum atomic E-state index is 0.569. The molecular formula is C13H28N2O3. The van der Waals surface area contributed by atoms with E-state index in [1.54, 1.807) is 0 Å². The lowest BCUT2D eigenvalue weighted by atomic mass is 10.1. The standard InChI is InChI=1S/C13H28N2O3/c14-4-8-16-10-12-18-13-11-17-9-7-15-5-2-1-3-6-15/h1-14H2. The second-order valence-electron chi connectivity index (χ2n) is 4.53. The van der Waals surface area contributed by atoms with Crippen LogP contribution in [0, 0.1) is 0 Å². The normalized spacial score (nSPS) is 17.2. The Morgan fingerprint density at radius 2 is 1.28 bits per heavy atom. The van der Waals surface area contributed by atoms with Gasteiger partial charge in [-0.1, -0.05) is 6.42 Å². The van der Waals surface area contributed by atoms with Crippen LogP contribution in [0.4, 0.5) is 0 Å². The first-order valence-corrected chi connectivity index (χ1v) is 7.09. The third kappa shape index (κ3) is 8.83. The summed E-state index contributed by atoms with van der Waals surface area (Å²) in [5, 5.41) is 0. The van der Waals surface area contributed by atoms with Crippen molar-refractivity contribution < 1.29 is 14.2 Å². The van der Waals surface area contributed by atoms with Gasteiger partial charge in [0, 0.05) is 13.1 Å². The Hall–Kier alpha value is -0.200. The Morgan fingerprint density at radius 3 is 1.89 bits per heavy atom. The first-order chi connectivity index (χ1) is 8.93. The molecule has 0 bridgehead atoms. The molecule has 0 saturated carbocycles. The minimum absolute atomic E-state index is 0.569. The van der Waals surface area contributed by atoms with Gasteiger partial charge in [0.15, 0.2) is 0 Å². The lowest BCUT2D eigenvalue weighted by molar-refractivity contribution is 0.0110. The van der Waals surface area contributed by atoms with Crippen LogP contribution in [0.15, 0.2) is 0 Å². The average molecular weight is 260 g/mol. The summed E-state index contributed by atoms with van der Waals surface area (Å²) < 4.78 is 16.1. The Bertz CT molecular complexity index is 176. The zero-order chi connectivity index (χ0) is 12.9. The Balaban J connectivity index is 1.73. The summed E-state index contributed by atoms with van der Waals surface area (Å²) in [7, 11) is 0. The Morgan fingerprint density at radius 1 is 0.722 bits per heavy atom. The van der Waals surface area contributed by atoms with Crippen LogP contribution in [0.25, 0.3) is 0 Å². The van der Waals surface area contributed by atoms with Gasteiger partial charge >= 0.3 is 0 Å². The smallest absolute Gasteiger partial charge is 0.0701 e. The molecule has 2 N–H and O–H groups in total. The molecule has 1 saturated heterocycles. The number of nitrogens with zero attached hydrogens (tertiary/aromatic N) is 1. The number of hydrogen-bond donors (Lipinski definition) is 1. The van der Waals surface area contributed by atoms with Crippen LogP contribution in [0.2, 0.25) is 0 Å². The van der Waals surface area contributed by atoms with Gasteiger partial charge in [-0.25, -0.2) is 0 Å². The molecule has 1 heterocycles. The minimum Gasteiger partial charge on any atom is -0.378 e. The van der Waals surface area contributed by atoms with Gasteiger partial charge in [-0.05, 0) is 25.9 Å². The molecule has 5 nitrogen and oxygen atoms in total. The average Bonchev–Trinajstić information content (AvgIpc) is 2.42. The van der Waals surface area contributed by atoms with Crippen LogP contribution < -0.4 is 5.73 Å².